The molecule has 0 radical (unpaired) electrons. The number of hydrogen-bond donors (Lipinski definition) is 1. The molecule has 4 nitrogen and oxygen atoms in total. The van der Waals surface area contributed by atoms with Crippen molar-refractivity contribution < 1.29 is 9.53 Å². The highest BCUT2D eigenvalue weighted by molar-refractivity contribution is 5.72. The number of carbonyl (C=O) groups is 1. The summed E-state index contributed by atoms with van der Waals surface area (Å²) >= 11 is 0. The average molecular weight is 228 g/mol. The van der Waals surface area contributed by atoms with Crippen LogP contribution in [0.4, 0.5) is 0 Å². The third kappa shape index (κ3) is 5.47. The Bertz CT molecular complexity index is 209. The van der Waals surface area contributed by atoms with E-state index in [0.717, 1.165) is 26.2 Å². The van der Waals surface area contributed by atoms with Gasteiger partial charge in [-0.15, -0.1) is 0 Å². The maximum atomic E-state index is 10.8. The van der Waals surface area contributed by atoms with Gasteiger partial charge in [-0.2, -0.15) is 0 Å². The van der Waals surface area contributed by atoms with Crippen LogP contribution in [0.15, 0.2) is 0 Å². The molecule has 0 saturated carbocycles. The molecule has 0 aromatic carbocycles. The van der Waals surface area contributed by atoms with Crippen molar-refractivity contribution in [2.45, 2.75) is 39.2 Å². The fourth-order valence-corrected chi connectivity index (χ4v) is 1.95. The Morgan fingerprint density at radius 2 is 2.31 bits per heavy atom. The van der Waals surface area contributed by atoms with Gasteiger partial charge in [0.2, 0.25) is 5.91 Å². The Kier molecular flexibility index (Phi) is 6.42. The van der Waals surface area contributed by atoms with E-state index in [1.165, 1.54) is 19.3 Å². The van der Waals surface area contributed by atoms with Gasteiger partial charge in [0.1, 0.15) is 0 Å². The highest BCUT2D eigenvalue weighted by Crippen LogP contribution is 2.06. The minimum absolute atomic E-state index is 0.0201. The number of unbranched alkanes of at least 4 members (excludes halogenated alkanes) is 2. The average Bonchev–Trinajstić information content (AvgIpc) is 2.27. The van der Waals surface area contributed by atoms with Crippen molar-refractivity contribution in [3.05, 3.63) is 0 Å². The fourth-order valence-electron chi connectivity index (χ4n) is 1.95. The molecule has 1 rings (SSSR count). The molecule has 1 saturated heterocycles. The first kappa shape index (κ1) is 13.5. The molecule has 16 heavy (non-hydrogen) atoms. The normalized spacial score (nSPS) is 22.0. The molecule has 1 heterocycles. The standard InChI is InChI=1S/C12H24N2O2/c1-3-4-5-6-14-7-8-16-12(10-14)9-13-11(2)15/h12H,3-10H2,1-2H3,(H,13,15)/t12-/m0/s1. The predicted molar refractivity (Wildman–Crippen MR) is 64.4 cm³/mol. The summed E-state index contributed by atoms with van der Waals surface area (Å²) in [6.07, 6.45) is 4.00. The number of hydrogen-bond acceptors (Lipinski definition) is 3. The van der Waals surface area contributed by atoms with Crippen molar-refractivity contribution >= 4 is 5.91 Å². The van der Waals surface area contributed by atoms with Gasteiger partial charge in [-0.1, -0.05) is 19.8 Å². The molecule has 1 aliphatic rings. The molecule has 0 spiro atoms. The van der Waals surface area contributed by atoms with E-state index in [1.54, 1.807) is 6.92 Å². The van der Waals surface area contributed by atoms with Gasteiger partial charge in [-0.3, -0.25) is 9.69 Å². The zero-order chi connectivity index (χ0) is 11.8. The largest absolute Gasteiger partial charge is 0.374 e. The van der Waals surface area contributed by atoms with Crippen molar-refractivity contribution in [1.82, 2.24) is 10.2 Å². The Morgan fingerprint density at radius 3 is 3.00 bits per heavy atom. The summed E-state index contributed by atoms with van der Waals surface area (Å²) in [4.78, 5) is 13.2. The zero-order valence-electron chi connectivity index (χ0n) is 10.5. The zero-order valence-corrected chi connectivity index (χ0v) is 10.5. The highest BCUT2D eigenvalue weighted by atomic mass is 16.5. The van der Waals surface area contributed by atoms with Crippen molar-refractivity contribution in [3.8, 4) is 0 Å². The SMILES string of the molecule is CCCCCN1CCO[C@@H](CNC(C)=O)C1. The van der Waals surface area contributed by atoms with Crippen LogP contribution in [-0.4, -0.2) is 49.7 Å². The van der Waals surface area contributed by atoms with Gasteiger partial charge in [0.05, 0.1) is 12.7 Å². The minimum Gasteiger partial charge on any atom is -0.374 e. The summed E-state index contributed by atoms with van der Waals surface area (Å²) in [5.41, 5.74) is 0. The summed E-state index contributed by atoms with van der Waals surface area (Å²) in [6, 6.07) is 0. The van der Waals surface area contributed by atoms with Crippen LogP contribution in [0.5, 0.6) is 0 Å². The maximum Gasteiger partial charge on any atom is 0.216 e. The summed E-state index contributed by atoms with van der Waals surface area (Å²) in [7, 11) is 0. The second kappa shape index (κ2) is 7.63. The second-order valence-corrected chi connectivity index (χ2v) is 4.44. The van der Waals surface area contributed by atoms with Crippen LogP contribution in [0, 0.1) is 0 Å². The lowest BCUT2D eigenvalue weighted by molar-refractivity contribution is -0.120. The quantitative estimate of drug-likeness (QED) is 0.690. The van der Waals surface area contributed by atoms with Crippen molar-refractivity contribution in [3.63, 3.8) is 0 Å². The topological polar surface area (TPSA) is 41.6 Å². The van der Waals surface area contributed by atoms with Crippen LogP contribution in [0.3, 0.4) is 0 Å². The van der Waals surface area contributed by atoms with Crippen LogP contribution in [0.2, 0.25) is 0 Å². The van der Waals surface area contributed by atoms with E-state index < -0.39 is 0 Å². The van der Waals surface area contributed by atoms with Gasteiger partial charge >= 0.3 is 0 Å². The number of nitrogens with zero attached hydrogens (tertiary/aromatic N) is 1. The van der Waals surface area contributed by atoms with Gasteiger partial charge in [0.15, 0.2) is 0 Å². The van der Waals surface area contributed by atoms with Gasteiger partial charge < -0.3 is 10.1 Å². The van der Waals surface area contributed by atoms with E-state index >= 15 is 0 Å². The van der Waals surface area contributed by atoms with Crippen LogP contribution >= 0.6 is 0 Å². The van der Waals surface area contributed by atoms with E-state index in [1.807, 2.05) is 0 Å². The molecular weight excluding hydrogens is 204 g/mol. The first-order valence-electron chi connectivity index (χ1n) is 6.30. The molecule has 0 aliphatic carbocycles. The number of amides is 1. The van der Waals surface area contributed by atoms with Crippen LogP contribution in [-0.2, 0) is 9.53 Å². The number of carbonyl (C=O) groups excluding carboxylic acids is 1. The Balaban J connectivity index is 2.16. The van der Waals surface area contributed by atoms with Crippen molar-refractivity contribution in [1.29, 1.82) is 0 Å². The Labute approximate surface area is 98.3 Å². The van der Waals surface area contributed by atoms with Crippen LogP contribution < -0.4 is 5.32 Å². The lowest BCUT2D eigenvalue weighted by Gasteiger charge is -2.32. The van der Waals surface area contributed by atoms with E-state index in [-0.39, 0.29) is 12.0 Å². The molecule has 0 unspecified atom stereocenters. The van der Waals surface area contributed by atoms with Gasteiger partial charge in [0.25, 0.3) is 0 Å². The summed E-state index contributed by atoms with van der Waals surface area (Å²) in [6.45, 7) is 8.33. The summed E-state index contributed by atoms with van der Waals surface area (Å²) in [5.74, 6) is 0.0201. The first-order chi connectivity index (χ1) is 7.72. The van der Waals surface area contributed by atoms with Crippen molar-refractivity contribution in [2.75, 3.05) is 32.8 Å². The number of nitrogens with one attached hydrogen (secondary N) is 1. The molecule has 1 fully saturated rings. The number of morpholine rings is 1. The smallest absolute Gasteiger partial charge is 0.216 e. The molecule has 1 amide bonds. The number of rotatable bonds is 6. The first-order valence-corrected chi connectivity index (χ1v) is 6.30. The molecule has 94 valence electrons. The monoisotopic (exact) mass is 228 g/mol. The molecule has 0 bridgehead atoms. The van der Waals surface area contributed by atoms with Crippen LogP contribution in [0.1, 0.15) is 33.1 Å². The van der Waals surface area contributed by atoms with E-state index in [0.29, 0.717) is 6.54 Å². The fraction of sp³-hybridized carbons (Fsp3) is 0.917. The second-order valence-electron chi connectivity index (χ2n) is 4.44. The van der Waals surface area contributed by atoms with Crippen LogP contribution in [0.25, 0.3) is 0 Å². The van der Waals surface area contributed by atoms with E-state index in [9.17, 15) is 4.79 Å². The minimum atomic E-state index is 0.0201. The highest BCUT2D eigenvalue weighted by Gasteiger charge is 2.19. The molecule has 1 aliphatic heterocycles. The maximum absolute atomic E-state index is 10.8. The van der Waals surface area contributed by atoms with E-state index in [2.05, 4.69) is 17.1 Å². The van der Waals surface area contributed by atoms with Crippen molar-refractivity contribution in [2.24, 2.45) is 0 Å². The molecule has 1 atom stereocenters. The lowest BCUT2D eigenvalue weighted by atomic mass is 10.2. The lowest BCUT2D eigenvalue weighted by Crippen LogP contribution is -2.47. The number of ether oxygens (including phenoxy) is 1. The molecule has 0 aromatic rings. The van der Waals surface area contributed by atoms with Gasteiger partial charge in [-0.25, -0.2) is 0 Å². The van der Waals surface area contributed by atoms with E-state index in [4.69, 9.17) is 4.74 Å². The van der Waals surface area contributed by atoms with Gasteiger partial charge in [-0.05, 0) is 13.0 Å². The third-order valence-corrected chi connectivity index (χ3v) is 2.88. The molecule has 0 aromatic heterocycles. The molecule has 4 heteroatoms. The van der Waals surface area contributed by atoms with Gasteiger partial charge in [0, 0.05) is 26.6 Å². The summed E-state index contributed by atoms with van der Waals surface area (Å²) < 4.78 is 5.61. The predicted octanol–water partition coefficient (Wildman–Crippen LogP) is 1.01. The summed E-state index contributed by atoms with van der Waals surface area (Å²) in [5, 5.41) is 2.81. The Morgan fingerprint density at radius 1 is 1.50 bits per heavy atom. The third-order valence-electron chi connectivity index (χ3n) is 2.88. The molecular formula is C12H24N2O2. The Hall–Kier alpha value is -0.610. The molecule has 1 N–H and O–H groups in total.